The molecular weight excluding hydrogens is 80.1 g/mol. The minimum atomic E-state index is 1.00. The van der Waals surface area contributed by atoms with Crippen molar-refractivity contribution in [3.8, 4) is 0 Å². The van der Waals surface area contributed by atoms with Gasteiger partial charge in [0.05, 0.1) is 0 Å². The molecule has 0 saturated carbocycles. The zero-order valence-electron chi connectivity index (χ0n) is 3.19. The van der Waals surface area contributed by atoms with Crippen molar-refractivity contribution < 1.29 is 0 Å². The molecule has 0 heterocycles. The third kappa shape index (κ3) is 3.87. The maximum Gasteiger partial charge on any atom is -0.0282 e. The molecule has 0 aromatic carbocycles. The van der Waals surface area contributed by atoms with Crippen LogP contribution >= 0.6 is 12.2 Å². The normalized spacial score (nSPS) is 5.80. The van der Waals surface area contributed by atoms with Gasteiger partial charge in [0, 0.05) is 0 Å². The molecule has 0 aliphatic rings. The highest BCUT2D eigenvalue weighted by Crippen LogP contribution is 1.66. The lowest BCUT2D eigenvalue weighted by Gasteiger charge is -1.57. The van der Waals surface area contributed by atoms with Crippen molar-refractivity contribution in [2.45, 2.75) is 13.3 Å². The molecule has 28 valence electrons. The van der Waals surface area contributed by atoms with E-state index in [1.54, 1.807) is 0 Å². The summed E-state index contributed by atoms with van der Waals surface area (Å²) >= 11 is 4.35. The van der Waals surface area contributed by atoms with E-state index in [4.69, 9.17) is 0 Å². The Morgan fingerprint density at radius 1 is 2.00 bits per heavy atom. The number of thiocarbonyl (C=S) groups is 1. The van der Waals surface area contributed by atoms with E-state index in [1.165, 1.54) is 0 Å². The van der Waals surface area contributed by atoms with Gasteiger partial charge in [0.1, 0.15) is 0 Å². The van der Waals surface area contributed by atoms with Crippen LogP contribution in [0.3, 0.4) is 0 Å². The second-order valence-electron chi connectivity index (χ2n) is 0.730. The lowest BCUT2D eigenvalue weighted by molar-refractivity contribution is 1.24. The summed E-state index contributed by atoms with van der Waals surface area (Å²) in [5.41, 5.74) is 0. The van der Waals surface area contributed by atoms with Crippen molar-refractivity contribution in [2.75, 3.05) is 0 Å². The van der Waals surface area contributed by atoms with E-state index in [9.17, 15) is 0 Å². The first-order valence-corrected chi connectivity index (χ1v) is 2.02. The standard InChI is InChI=1S/C4H6S/c1-2-3-4-5/h3H,2H2,1H3. The Morgan fingerprint density at radius 3 is 2.60 bits per heavy atom. The summed E-state index contributed by atoms with van der Waals surface area (Å²) in [6, 6.07) is 0. The highest BCUT2D eigenvalue weighted by molar-refractivity contribution is 7.78. The summed E-state index contributed by atoms with van der Waals surface area (Å²) < 4.78 is 0. The number of rotatable bonds is 1. The van der Waals surface area contributed by atoms with Gasteiger partial charge in [0.2, 0.25) is 0 Å². The highest BCUT2D eigenvalue weighted by atomic mass is 32.1. The van der Waals surface area contributed by atoms with Gasteiger partial charge in [-0.25, -0.2) is 0 Å². The van der Waals surface area contributed by atoms with E-state index in [2.05, 4.69) is 17.2 Å². The van der Waals surface area contributed by atoms with Crippen LogP contribution in [0.4, 0.5) is 0 Å². The van der Waals surface area contributed by atoms with E-state index in [0.29, 0.717) is 0 Å². The third-order valence-corrected chi connectivity index (χ3v) is 0.454. The maximum absolute atomic E-state index is 4.35. The van der Waals surface area contributed by atoms with Gasteiger partial charge < -0.3 is 0 Å². The van der Waals surface area contributed by atoms with Gasteiger partial charge >= 0.3 is 0 Å². The van der Waals surface area contributed by atoms with Crippen LogP contribution in [0.5, 0.6) is 0 Å². The Balaban J connectivity index is 2.93. The average molecular weight is 86.2 g/mol. The van der Waals surface area contributed by atoms with E-state index < -0.39 is 0 Å². The van der Waals surface area contributed by atoms with Crippen molar-refractivity contribution in [2.24, 2.45) is 0 Å². The highest BCUT2D eigenvalue weighted by Gasteiger charge is 1.50. The van der Waals surface area contributed by atoms with Gasteiger partial charge in [-0.15, -0.1) is 0 Å². The molecular formula is C4H6S. The molecule has 0 nitrogen and oxygen atoms in total. The average Bonchev–Trinajstić information content (AvgIpc) is 1.41. The Hall–Kier alpha value is -0.130. The molecule has 0 aromatic heterocycles. The molecule has 0 spiro atoms. The molecule has 0 bridgehead atoms. The number of allylic oxidation sites excluding steroid dienone is 1. The molecule has 0 amide bonds. The SMILES string of the molecule is CCC=C=S. The fourth-order valence-electron chi connectivity index (χ4n) is 0.0833. The van der Waals surface area contributed by atoms with E-state index in [0.717, 1.165) is 6.42 Å². The molecule has 5 heavy (non-hydrogen) atoms. The van der Waals surface area contributed by atoms with E-state index >= 15 is 0 Å². The first kappa shape index (κ1) is 4.87. The molecule has 0 unspecified atom stereocenters. The van der Waals surface area contributed by atoms with Gasteiger partial charge in [-0.1, -0.05) is 11.9 Å². The largest absolute Gasteiger partial charge is 0.0612 e. The minimum absolute atomic E-state index is 1.00. The Morgan fingerprint density at radius 2 is 2.60 bits per heavy atom. The molecule has 0 saturated heterocycles. The molecule has 0 atom stereocenters. The van der Waals surface area contributed by atoms with Crippen LogP contribution in [0.25, 0.3) is 0 Å². The fraction of sp³-hybridized carbons (Fsp3) is 0.500. The van der Waals surface area contributed by atoms with Crippen LogP contribution < -0.4 is 0 Å². The first-order valence-electron chi connectivity index (χ1n) is 1.61. The lowest BCUT2D eigenvalue weighted by atomic mass is 10.5. The summed E-state index contributed by atoms with van der Waals surface area (Å²) in [5, 5.41) is 2.48. The zero-order valence-corrected chi connectivity index (χ0v) is 4.01. The third-order valence-electron chi connectivity index (χ3n) is 0.287. The van der Waals surface area contributed by atoms with Crippen molar-refractivity contribution in [1.29, 1.82) is 0 Å². The van der Waals surface area contributed by atoms with Crippen LogP contribution in [-0.4, -0.2) is 5.02 Å². The quantitative estimate of drug-likeness (QED) is 0.436. The zero-order chi connectivity index (χ0) is 4.12. The molecule has 0 fully saturated rings. The van der Waals surface area contributed by atoms with Crippen molar-refractivity contribution in [3.63, 3.8) is 0 Å². The second-order valence-corrected chi connectivity index (χ2v) is 0.966. The number of hydrogen-bond acceptors (Lipinski definition) is 1. The Kier molecular flexibility index (Phi) is 3.77. The van der Waals surface area contributed by atoms with Gasteiger partial charge in [-0.05, 0) is 24.7 Å². The van der Waals surface area contributed by atoms with Gasteiger partial charge in [-0.3, -0.25) is 0 Å². The van der Waals surface area contributed by atoms with Crippen molar-refractivity contribution in [1.82, 2.24) is 0 Å². The molecule has 0 aliphatic heterocycles. The number of hydrogen-bond donors (Lipinski definition) is 0. The molecule has 0 rings (SSSR count). The minimum Gasteiger partial charge on any atom is -0.0612 e. The predicted octanol–water partition coefficient (Wildman–Crippen LogP) is 1.55. The monoisotopic (exact) mass is 86.0 g/mol. The summed E-state index contributed by atoms with van der Waals surface area (Å²) in [6.07, 6.45) is 2.82. The Bertz CT molecular complexity index is 50.7. The molecule has 1 heteroatoms. The molecule has 0 aromatic rings. The van der Waals surface area contributed by atoms with E-state index in [-0.39, 0.29) is 0 Å². The second kappa shape index (κ2) is 3.87. The topological polar surface area (TPSA) is 0 Å². The predicted molar refractivity (Wildman–Crippen MR) is 27.5 cm³/mol. The first-order chi connectivity index (χ1) is 2.41. The van der Waals surface area contributed by atoms with Crippen LogP contribution in [0.15, 0.2) is 6.08 Å². The molecule has 0 N–H and O–H groups in total. The van der Waals surface area contributed by atoms with Crippen molar-refractivity contribution in [3.05, 3.63) is 6.08 Å². The molecule has 0 radical (unpaired) electrons. The summed E-state index contributed by atoms with van der Waals surface area (Å²) in [6.45, 7) is 2.03. The maximum atomic E-state index is 4.35. The summed E-state index contributed by atoms with van der Waals surface area (Å²) in [4.78, 5) is 0. The fourth-order valence-corrected chi connectivity index (χ4v) is 0.250. The lowest BCUT2D eigenvalue weighted by Crippen LogP contribution is -1.44. The Labute approximate surface area is 37.5 Å². The summed E-state index contributed by atoms with van der Waals surface area (Å²) in [7, 11) is 0. The van der Waals surface area contributed by atoms with Gasteiger partial charge in [0.15, 0.2) is 0 Å². The van der Waals surface area contributed by atoms with Crippen LogP contribution in [0.2, 0.25) is 0 Å². The summed E-state index contributed by atoms with van der Waals surface area (Å²) in [5.74, 6) is 0. The molecule has 0 aliphatic carbocycles. The van der Waals surface area contributed by atoms with E-state index in [1.807, 2.05) is 13.0 Å². The van der Waals surface area contributed by atoms with Crippen LogP contribution in [-0.2, 0) is 0 Å². The smallest absolute Gasteiger partial charge is 0.0282 e. The van der Waals surface area contributed by atoms with Crippen molar-refractivity contribution >= 4 is 17.2 Å². The van der Waals surface area contributed by atoms with Gasteiger partial charge in [-0.2, -0.15) is 0 Å². The van der Waals surface area contributed by atoms with Crippen LogP contribution in [0, 0.1) is 0 Å². The van der Waals surface area contributed by atoms with Crippen LogP contribution in [0.1, 0.15) is 13.3 Å². The van der Waals surface area contributed by atoms with Gasteiger partial charge in [0.25, 0.3) is 0 Å².